The van der Waals surface area contributed by atoms with Crippen molar-refractivity contribution < 1.29 is 0 Å². The van der Waals surface area contributed by atoms with Gasteiger partial charge < -0.3 is 14.7 Å². The summed E-state index contributed by atoms with van der Waals surface area (Å²) in [7, 11) is -1.65. The summed E-state index contributed by atoms with van der Waals surface area (Å²) in [6.45, 7) is 41.1. The zero-order valence-corrected chi connectivity index (χ0v) is 52.3. The quantitative estimate of drug-likeness (QED) is 0.154. The Kier molecular flexibility index (Phi) is 12.5. The van der Waals surface area contributed by atoms with Crippen molar-refractivity contribution in [2.45, 2.75) is 175 Å². The van der Waals surface area contributed by atoms with Crippen LogP contribution in [0.2, 0.25) is 19.6 Å². The maximum absolute atomic E-state index is 2.86. The topological polar surface area (TPSA) is 9.72 Å². The Morgan fingerprint density at radius 1 is 0.412 bits per heavy atom. The summed E-state index contributed by atoms with van der Waals surface area (Å²) >= 11 is 0. The fraction of sp³-hybridized carbons (Fsp3) is 0.360. The third kappa shape index (κ3) is 8.65. The van der Waals surface area contributed by atoms with Crippen LogP contribution in [0.4, 0.5) is 45.5 Å². The van der Waals surface area contributed by atoms with Crippen LogP contribution in [0.5, 0.6) is 0 Å². The zero-order valence-electron chi connectivity index (χ0n) is 51.3. The van der Waals surface area contributed by atoms with E-state index in [2.05, 4.69) is 295 Å². The van der Waals surface area contributed by atoms with Gasteiger partial charge in [0, 0.05) is 50.7 Å². The standard InChI is InChI=1S/C75H86BN3Si/c1-70(2,3)51-31-36-62(57(42-51)49-26-20-18-21-27-49)77-65-38-33-53(72(7,8)9)44-61(65)76-60-35-30-54(73(10,11)12)45-66(60)78(63-37-32-52(71(4,5)6)43-58(63)50-28-22-19-23-29-50)68-47-55(46-67(77)69(68)76)79-64-39-34-56(80(15,16)17)48-59(64)74(13)40-24-25-41-75(74,79)14/h18-23,26-39,42-48H,24-25,40-41H2,1-17H3. The van der Waals surface area contributed by atoms with E-state index in [1.54, 1.807) is 5.19 Å². The minimum atomic E-state index is -1.65. The minimum absolute atomic E-state index is 0.0397. The van der Waals surface area contributed by atoms with Gasteiger partial charge >= 0.3 is 0 Å². The highest BCUT2D eigenvalue weighted by Gasteiger charge is 2.58. The van der Waals surface area contributed by atoms with Crippen LogP contribution in [0.1, 0.15) is 150 Å². The molecule has 0 radical (unpaired) electrons. The van der Waals surface area contributed by atoms with Gasteiger partial charge in [0.2, 0.25) is 0 Å². The van der Waals surface area contributed by atoms with Crippen LogP contribution in [0.25, 0.3) is 22.3 Å². The third-order valence-electron chi connectivity index (χ3n) is 19.4. The van der Waals surface area contributed by atoms with Gasteiger partial charge in [-0.1, -0.05) is 237 Å². The van der Waals surface area contributed by atoms with E-state index in [4.69, 9.17) is 0 Å². The molecule has 0 saturated heterocycles. The fourth-order valence-electron chi connectivity index (χ4n) is 14.3. The molecule has 1 saturated carbocycles. The van der Waals surface area contributed by atoms with Crippen LogP contribution in [0.3, 0.4) is 0 Å². The van der Waals surface area contributed by atoms with Gasteiger partial charge in [-0.3, -0.25) is 0 Å². The number of hydrogen-bond acceptors (Lipinski definition) is 3. The predicted octanol–water partition coefficient (Wildman–Crippen LogP) is 18.6. The van der Waals surface area contributed by atoms with E-state index in [-0.39, 0.29) is 39.3 Å². The second kappa shape index (κ2) is 18.5. The summed E-state index contributed by atoms with van der Waals surface area (Å²) in [6, 6.07) is 65.1. The molecule has 0 amide bonds. The Morgan fingerprint density at radius 2 is 0.863 bits per heavy atom. The lowest BCUT2D eigenvalue weighted by atomic mass is 9.33. The molecule has 1 aliphatic carbocycles. The highest BCUT2D eigenvalue weighted by molar-refractivity contribution is 7.00. The van der Waals surface area contributed by atoms with Gasteiger partial charge in [0.25, 0.3) is 6.71 Å². The molecule has 12 rings (SSSR count). The Balaban J connectivity index is 1.27. The minimum Gasteiger partial charge on any atom is -0.334 e. The van der Waals surface area contributed by atoms with Gasteiger partial charge in [-0.05, 0) is 151 Å². The van der Waals surface area contributed by atoms with Crippen LogP contribution in [0.15, 0.2) is 164 Å². The molecule has 2 atom stereocenters. The molecule has 3 nitrogen and oxygen atoms in total. The number of anilines is 8. The Morgan fingerprint density at radius 3 is 1.38 bits per heavy atom. The molecule has 0 bridgehead atoms. The van der Waals surface area contributed by atoms with Crippen molar-refractivity contribution in [1.29, 1.82) is 0 Å². The molecular weight excluding hydrogens is 982 g/mol. The molecule has 8 aromatic carbocycles. The second-order valence-electron chi connectivity index (χ2n) is 29.9. The zero-order chi connectivity index (χ0) is 56.9. The first-order valence-electron chi connectivity index (χ1n) is 30.0. The van der Waals surface area contributed by atoms with Gasteiger partial charge in [0.05, 0.1) is 25.0 Å². The van der Waals surface area contributed by atoms with E-state index in [0.717, 1.165) is 6.42 Å². The number of hydrogen-bond donors (Lipinski definition) is 0. The highest BCUT2D eigenvalue weighted by Crippen LogP contribution is 2.62. The van der Waals surface area contributed by atoms with Crippen LogP contribution < -0.4 is 36.3 Å². The summed E-state index contributed by atoms with van der Waals surface area (Å²) in [6.07, 6.45) is 4.75. The van der Waals surface area contributed by atoms with Gasteiger partial charge in [-0.25, -0.2) is 0 Å². The van der Waals surface area contributed by atoms with Crippen LogP contribution in [0, 0.1) is 0 Å². The number of fused-ring (bicyclic) bond motifs is 7. The SMILES string of the molecule is CC(C)(C)c1ccc2c(c1)B1c3ccc(C(C)(C)C)cc3N(c3ccc(C(C)(C)C)cc3-c3ccccc3)c3cc(N4c5ccc([Si](C)(C)C)cc5C5(C)CCCCC45C)cc(c31)N2c1ccc(C(C)(C)C)cc1-c1ccccc1. The average molecular weight is 1070 g/mol. The largest absolute Gasteiger partial charge is 0.334 e. The summed E-state index contributed by atoms with van der Waals surface area (Å²) in [4.78, 5) is 8.29. The van der Waals surface area contributed by atoms with E-state index >= 15 is 0 Å². The molecular formula is C75H86BN3Si. The molecule has 3 aliphatic heterocycles. The molecule has 8 aromatic rings. The number of rotatable bonds is 6. The maximum atomic E-state index is 2.86. The van der Waals surface area contributed by atoms with Gasteiger partial charge in [-0.2, -0.15) is 0 Å². The molecule has 5 heteroatoms. The van der Waals surface area contributed by atoms with E-state index in [9.17, 15) is 0 Å². The van der Waals surface area contributed by atoms with Gasteiger partial charge in [-0.15, -0.1) is 0 Å². The Bertz CT molecular complexity index is 3750. The highest BCUT2D eigenvalue weighted by atomic mass is 28.3. The molecule has 408 valence electrons. The summed E-state index contributed by atoms with van der Waals surface area (Å²) < 4.78 is 0. The van der Waals surface area contributed by atoms with Crippen molar-refractivity contribution in [2.75, 3.05) is 14.7 Å². The smallest absolute Gasteiger partial charge is 0.252 e. The van der Waals surface area contributed by atoms with Crippen molar-refractivity contribution in [3.8, 4) is 22.3 Å². The lowest BCUT2D eigenvalue weighted by Gasteiger charge is -2.51. The van der Waals surface area contributed by atoms with Crippen LogP contribution in [-0.2, 0) is 27.1 Å². The first-order valence-corrected chi connectivity index (χ1v) is 33.5. The first-order chi connectivity index (χ1) is 37.6. The van der Waals surface area contributed by atoms with Crippen LogP contribution >= 0.6 is 0 Å². The molecule has 0 aromatic heterocycles. The monoisotopic (exact) mass is 1070 g/mol. The Hall–Kier alpha value is -6.56. The molecule has 4 aliphatic rings. The molecule has 0 spiro atoms. The lowest BCUT2D eigenvalue weighted by Crippen LogP contribution is -2.62. The predicted molar refractivity (Wildman–Crippen MR) is 352 cm³/mol. The van der Waals surface area contributed by atoms with Crippen molar-refractivity contribution in [3.05, 3.63) is 192 Å². The van der Waals surface area contributed by atoms with E-state index in [1.165, 1.54) is 131 Å². The molecule has 2 unspecified atom stereocenters. The summed E-state index contributed by atoms with van der Waals surface area (Å²) in [5.74, 6) is 0. The Labute approximate surface area is 482 Å². The summed E-state index contributed by atoms with van der Waals surface area (Å²) in [5.41, 5.74) is 25.4. The molecule has 3 heterocycles. The fourth-order valence-corrected chi connectivity index (χ4v) is 15.4. The summed E-state index contributed by atoms with van der Waals surface area (Å²) in [5, 5.41) is 1.55. The molecule has 0 N–H and O–H groups in total. The van der Waals surface area contributed by atoms with Gasteiger partial charge in [0.15, 0.2) is 0 Å². The third-order valence-corrected chi connectivity index (χ3v) is 21.4. The maximum Gasteiger partial charge on any atom is 0.252 e. The number of benzene rings is 8. The van der Waals surface area contributed by atoms with Crippen molar-refractivity contribution in [2.24, 2.45) is 0 Å². The lowest BCUT2D eigenvalue weighted by molar-refractivity contribution is 0.195. The van der Waals surface area contributed by atoms with Crippen LogP contribution in [-0.4, -0.2) is 20.3 Å². The normalized spacial score (nSPS) is 18.9. The van der Waals surface area contributed by atoms with E-state index in [1.807, 2.05) is 0 Å². The van der Waals surface area contributed by atoms with E-state index in [0.29, 0.717) is 0 Å². The van der Waals surface area contributed by atoms with Gasteiger partial charge in [0.1, 0.15) is 0 Å². The average Bonchev–Trinajstić information content (AvgIpc) is 3.02. The van der Waals surface area contributed by atoms with Crippen molar-refractivity contribution in [3.63, 3.8) is 0 Å². The first kappa shape index (κ1) is 54.1. The van der Waals surface area contributed by atoms with Crippen molar-refractivity contribution in [1.82, 2.24) is 0 Å². The number of nitrogens with zero attached hydrogens (tertiary/aromatic N) is 3. The second-order valence-corrected chi connectivity index (χ2v) is 35.0. The van der Waals surface area contributed by atoms with E-state index < -0.39 is 8.07 Å². The molecule has 80 heavy (non-hydrogen) atoms. The van der Waals surface area contributed by atoms with Crippen molar-refractivity contribution >= 4 is 81.9 Å². The molecule has 1 fully saturated rings.